The lowest BCUT2D eigenvalue weighted by molar-refractivity contribution is 0.0951. The first-order valence-electron chi connectivity index (χ1n) is 12.4. The van der Waals surface area contributed by atoms with E-state index in [2.05, 4.69) is 14.7 Å². The van der Waals surface area contributed by atoms with Gasteiger partial charge in [-0.05, 0) is 57.8 Å². The van der Waals surface area contributed by atoms with E-state index in [0.29, 0.717) is 13.2 Å². The molecule has 2 aliphatic rings. The fourth-order valence-electron chi connectivity index (χ4n) is 4.53. The summed E-state index contributed by atoms with van der Waals surface area (Å²) in [4.78, 5) is 22.0. The fraction of sp³-hybridized carbons (Fsp3) is 0.720. The van der Waals surface area contributed by atoms with Crippen molar-refractivity contribution in [1.82, 2.24) is 19.6 Å². The van der Waals surface area contributed by atoms with Crippen LogP contribution in [0.25, 0.3) is 0 Å². The molecule has 0 aromatic heterocycles. The van der Waals surface area contributed by atoms with Crippen molar-refractivity contribution in [2.24, 2.45) is 0 Å². The maximum absolute atomic E-state index is 12.3. The van der Waals surface area contributed by atoms with Crippen molar-refractivity contribution >= 4 is 6.09 Å². The molecular weight excluding hydrogens is 388 g/mol. The van der Waals surface area contributed by atoms with E-state index in [-0.39, 0.29) is 6.09 Å². The first-order valence-corrected chi connectivity index (χ1v) is 12.4. The van der Waals surface area contributed by atoms with Crippen LogP contribution in [-0.4, -0.2) is 97.7 Å². The van der Waals surface area contributed by atoms with Gasteiger partial charge in [0, 0.05) is 52.4 Å². The molecule has 0 aliphatic carbocycles. The Morgan fingerprint density at radius 3 is 2.10 bits per heavy atom. The molecule has 0 bridgehead atoms. The quantitative estimate of drug-likeness (QED) is 0.502. The molecule has 0 atom stereocenters. The first kappa shape index (κ1) is 24.0. The minimum Gasteiger partial charge on any atom is -0.445 e. The monoisotopic (exact) mass is 430 g/mol. The third-order valence-corrected chi connectivity index (χ3v) is 6.64. The van der Waals surface area contributed by atoms with E-state index < -0.39 is 0 Å². The van der Waals surface area contributed by atoms with Crippen LogP contribution in [0, 0.1) is 0 Å². The van der Waals surface area contributed by atoms with Gasteiger partial charge in [-0.3, -0.25) is 4.90 Å². The van der Waals surface area contributed by atoms with E-state index in [9.17, 15) is 4.79 Å². The molecular formula is C25H42N4O2. The zero-order valence-corrected chi connectivity index (χ0v) is 19.5. The molecule has 31 heavy (non-hydrogen) atoms. The highest BCUT2D eigenvalue weighted by Crippen LogP contribution is 2.10. The van der Waals surface area contributed by atoms with Crippen molar-refractivity contribution in [3.63, 3.8) is 0 Å². The molecule has 0 radical (unpaired) electrons. The topological polar surface area (TPSA) is 39.3 Å². The van der Waals surface area contributed by atoms with Gasteiger partial charge < -0.3 is 19.4 Å². The van der Waals surface area contributed by atoms with E-state index in [0.717, 1.165) is 31.5 Å². The van der Waals surface area contributed by atoms with Gasteiger partial charge in [0.25, 0.3) is 0 Å². The lowest BCUT2D eigenvalue weighted by Crippen LogP contribution is -2.49. The molecule has 6 nitrogen and oxygen atoms in total. The van der Waals surface area contributed by atoms with Crippen LogP contribution in [0.4, 0.5) is 4.79 Å². The van der Waals surface area contributed by atoms with Crippen LogP contribution >= 0.6 is 0 Å². The van der Waals surface area contributed by atoms with Gasteiger partial charge >= 0.3 is 6.09 Å². The molecule has 2 fully saturated rings. The van der Waals surface area contributed by atoms with E-state index in [4.69, 9.17) is 4.74 Å². The van der Waals surface area contributed by atoms with E-state index in [1.165, 1.54) is 71.6 Å². The van der Waals surface area contributed by atoms with Crippen molar-refractivity contribution < 1.29 is 9.53 Å². The standard InChI is InChI=1S/C25H42N4O2/c1-2-29(25(30)31-23-24-11-5-3-6-12-24)16-10-9-15-27-18-21-28(22-19-27)20-17-26-13-7-4-8-14-26/h3,5-6,11-12H,2,4,7-10,13-23H2,1H3. The summed E-state index contributed by atoms with van der Waals surface area (Å²) in [5.41, 5.74) is 1.03. The number of likely N-dealkylation sites (tertiary alicyclic amines) is 1. The SMILES string of the molecule is CCN(CCCCN1CCN(CCN2CCCCC2)CC1)C(=O)OCc1ccccc1. The van der Waals surface area contributed by atoms with Crippen LogP contribution in [0.15, 0.2) is 30.3 Å². The fourth-order valence-corrected chi connectivity index (χ4v) is 4.53. The summed E-state index contributed by atoms with van der Waals surface area (Å²) in [6.45, 7) is 14.8. The molecule has 0 saturated carbocycles. The summed E-state index contributed by atoms with van der Waals surface area (Å²) in [6.07, 6.45) is 6.15. The van der Waals surface area contributed by atoms with E-state index in [1.807, 2.05) is 42.2 Å². The Labute approximate surface area is 189 Å². The van der Waals surface area contributed by atoms with Crippen molar-refractivity contribution in [3.05, 3.63) is 35.9 Å². The summed E-state index contributed by atoms with van der Waals surface area (Å²) in [6, 6.07) is 9.87. The van der Waals surface area contributed by atoms with Crippen molar-refractivity contribution in [1.29, 1.82) is 0 Å². The number of piperidine rings is 1. The predicted molar refractivity (Wildman–Crippen MR) is 126 cm³/mol. The number of ether oxygens (including phenoxy) is 1. The number of nitrogens with zero attached hydrogens (tertiary/aromatic N) is 4. The average Bonchev–Trinajstić information content (AvgIpc) is 2.83. The second-order valence-electron chi connectivity index (χ2n) is 8.91. The van der Waals surface area contributed by atoms with Gasteiger partial charge in [0.1, 0.15) is 6.61 Å². The average molecular weight is 431 g/mol. The molecule has 3 rings (SSSR count). The van der Waals surface area contributed by atoms with Crippen LogP contribution in [-0.2, 0) is 11.3 Å². The number of carbonyl (C=O) groups is 1. The molecule has 174 valence electrons. The third kappa shape index (κ3) is 8.79. The predicted octanol–water partition coefficient (Wildman–Crippen LogP) is 3.53. The van der Waals surface area contributed by atoms with Crippen LogP contribution in [0.5, 0.6) is 0 Å². The largest absolute Gasteiger partial charge is 0.445 e. The van der Waals surface area contributed by atoms with Gasteiger partial charge in [-0.25, -0.2) is 4.79 Å². The van der Waals surface area contributed by atoms with Gasteiger partial charge in [-0.1, -0.05) is 36.8 Å². The van der Waals surface area contributed by atoms with Gasteiger partial charge in [-0.2, -0.15) is 0 Å². The van der Waals surface area contributed by atoms with Crippen molar-refractivity contribution in [2.75, 3.05) is 72.0 Å². The first-order chi connectivity index (χ1) is 15.2. The Kier molecular flexibility index (Phi) is 10.6. The normalized spacial score (nSPS) is 18.7. The Balaban J connectivity index is 1.23. The highest BCUT2D eigenvalue weighted by atomic mass is 16.6. The Hall–Kier alpha value is -1.63. The molecule has 2 saturated heterocycles. The minimum absolute atomic E-state index is 0.200. The summed E-state index contributed by atoms with van der Waals surface area (Å²) >= 11 is 0. The summed E-state index contributed by atoms with van der Waals surface area (Å²) in [7, 11) is 0. The molecule has 0 spiro atoms. The smallest absolute Gasteiger partial charge is 0.410 e. The molecule has 6 heteroatoms. The van der Waals surface area contributed by atoms with E-state index in [1.54, 1.807) is 0 Å². The van der Waals surface area contributed by atoms with Crippen LogP contribution in [0.3, 0.4) is 0 Å². The number of rotatable bonds is 11. The van der Waals surface area contributed by atoms with Crippen LogP contribution < -0.4 is 0 Å². The number of hydrogen-bond acceptors (Lipinski definition) is 5. The van der Waals surface area contributed by atoms with Gasteiger partial charge in [0.05, 0.1) is 0 Å². The number of hydrogen-bond donors (Lipinski definition) is 0. The Bertz CT molecular complexity index is 613. The summed E-state index contributed by atoms with van der Waals surface area (Å²) < 4.78 is 5.47. The van der Waals surface area contributed by atoms with E-state index >= 15 is 0 Å². The zero-order chi connectivity index (χ0) is 21.7. The zero-order valence-electron chi connectivity index (χ0n) is 19.5. The van der Waals surface area contributed by atoms with Crippen molar-refractivity contribution in [2.45, 2.75) is 45.6 Å². The number of benzene rings is 1. The maximum atomic E-state index is 12.3. The highest BCUT2D eigenvalue weighted by Gasteiger charge is 2.18. The van der Waals surface area contributed by atoms with Crippen LogP contribution in [0.1, 0.15) is 44.6 Å². The number of carbonyl (C=O) groups excluding carboxylic acids is 1. The molecule has 1 aromatic carbocycles. The maximum Gasteiger partial charge on any atom is 0.410 e. The molecule has 1 aromatic rings. The van der Waals surface area contributed by atoms with Gasteiger partial charge in [0.2, 0.25) is 0 Å². The number of unbranched alkanes of at least 4 members (excludes halogenated alkanes) is 1. The van der Waals surface area contributed by atoms with Crippen LogP contribution in [0.2, 0.25) is 0 Å². The number of piperazine rings is 1. The third-order valence-electron chi connectivity index (χ3n) is 6.64. The van der Waals surface area contributed by atoms with Gasteiger partial charge in [0.15, 0.2) is 0 Å². The summed E-state index contributed by atoms with van der Waals surface area (Å²) in [5, 5.41) is 0. The second-order valence-corrected chi connectivity index (χ2v) is 8.91. The minimum atomic E-state index is -0.200. The lowest BCUT2D eigenvalue weighted by Gasteiger charge is -2.36. The van der Waals surface area contributed by atoms with Crippen molar-refractivity contribution in [3.8, 4) is 0 Å². The number of amides is 1. The lowest BCUT2D eigenvalue weighted by atomic mass is 10.1. The molecule has 2 aliphatic heterocycles. The Morgan fingerprint density at radius 1 is 0.839 bits per heavy atom. The highest BCUT2D eigenvalue weighted by molar-refractivity contribution is 5.67. The molecule has 1 amide bonds. The summed E-state index contributed by atoms with van der Waals surface area (Å²) in [5.74, 6) is 0. The van der Waals surface area contributed by atoms with Gasteiger partial charge in [-0.15, -0.1) is 0 Å². The second kappa shape index (κ2) is 13.7. The Morgan fingerprint density at radius 2 is 1.45 bits per heavy atom. The molecule has 0 unspecified atom stereocenters. The molecule has 0 N–H and O–H groups in total. The molecule has 2 heterocycles.